The number of hydrogen-bond acceptors (Lipinski definition) is 5. The second kappa shape index (κ2) is 7.25. The van der Waals surface area contributed by atoms with Crippen molar-refractivity contribution in [2.45, 2.75) is 30.8 Å². The smallest absolute Gasteiger partial charge is 0.243 e. The van der Waals surface area contributed by atoms with E-state index in [1.54, 1.807) is 18.2 Å². The van der Waals surface area contributed by atoms with E-state index in [4.69, 9.17) is 4.74 Å². The summed E-state index contributed by atoms with van der Waals surface area (Å²) in [5, 5.41) is 9.95. The highest BCUT2D eigenvalue weighted by molar-refractivity contribution is 7.89. The van der Waals surface area contributed by atoms with Crippen LogP contribution in [0.1, 0.15) is 18.5 Å². The molecule has 0 unspecified atom stereocenters. The first-order chi connectivity index (χ1) is 13.0. The van der Waals surface area contributed by atoms with Crippen LogP contribution in [0.4, 0.5) is 0 Å². The predicted octanol–water partition coefficient (Wildman–Crippen LogP) is 3.17. The van der Waals surface area contributed by atoms with Crippen molar-refractivity contribution in [1.29, 1.82) is 0 Å². The average Bonchev–Trinajstić information content (AvgIpc) is 2.70. The molecule has 140 valence electrons. The van der Waals surface area contributed by atoms with E-state index in [-0.39, 0.29) is 6.10 Å². The van der Waals surface area contributed by atoms with Crippen molar-refractivity contribution in [2.24, 2.45) is 0 Å². The molecule has 0 aliphatic carbocycles. The Balaban J connectivity index is 1.45. The van der Waals surface area contributed by atoms with Crippen molar-refractivity contribution in [3.05, 3.63) is 60.3 Å². The number of aryl methyl sites for hydroxylation is 1. The van der Waals surface area contributed by atoms with Gasteiger partial charge in [0.05, 0.1) is 10.6 Å². The highest BCUT2D eigenvalue weighted by Crippen LogP contribution is 2.25. The highest BCUT2D eigenvalue weighted by atomic mass is 32.2. The Bertz CT molecular complexity index is 1040. The lowest BCUT2D eigenvalue weighted by Crippen LogP contribution is -2.41. The van der Waals surface area contributed by atoms with Crippen LogP contribution in [-0.4, -0.2) is 42.1 Å². The van der Waals surface area contributed by atoms with Gasteiger partial charge in [0.25, 0.3) is 0 Å². The summed E-state index contributed by atoms with van der Waals surface area (Å²) in [4.78, 5) is 0.338. The molecule has 7 heteroatoms. The van der Waals surface area contributed by atoms with Gasteiger partial charge in [-0.05, 0) is 48.7 Å². The van der Waals surface area contributed by atoms with Crippen LogP contribution in [0, 0.1) is 6.92 Å². The number of hydrogen-bond donors (Lipinski definition) is 0. The molecule has 1 aliphatic heterocycles. The third-order valence-electron chi connectivity index (χ3n) is 4.82. The minimum atomic E-state index is -3.51. The summed E-state index contributed by atoms with van der Waals surface area (Å²) >= 11 is 0. The molecule has 4 rings (SSSR count). The largest absolute Gasteiger partial charge is 0.473 e. The zero-order chi connectivity index (χ0) is 18.9. The summed E-state index contributed by atoms with van der Waals surface area (Å²) in [5.41, 5.74) is 0.832. The Morgan fingerprint density at radius 3 is 2.41 bits per heavy atom. The van der Waals surface area contributed by atoms with E-state index in [9.17, 15) is 8.42 Å². The van der Waals surface area contributed by atoms with Crippen LogP contribution >= 0.6 is 0 Å². The SMILES string of the molecule is Cc1ccc(OC2CCN(S(=O)(=O)c3ccc4ccccc4c3)CC2)nn1. The maximum absolute atomic E-state index is 13.0. The van der Waals surface area contributed by atoms with Crippen molar-refractivity contribution in [3.8, 4) is 5.88 Å². The van der Waals surface area contributed by atoms with Crippen LogP contribution in [0.25, 0.3) is 10.8 Å². The van der Waals surface area contributed by atoms with Crippen molar-refractivity contribution < 1.29 is 13.2 Å². The molecule has 1 aromatic heterocycles. The number of piperidine rings is 1. The Labute approximate surface area is 158 Å². The number of ether oxygens (including phenoxy) is 1. The monoisotopic (exact) mass is 383 g/mol. The Hall–Kier alpha value is -2.51. The summed E-state index contributed by atoms with van der Waals surface area (Å²) in [7, 11) is -3.51. The van der Waals surface area contributed by atoms with Crippen LogP contribution in [0.5, 0.6) is 5.88 Å². The number of fused-ring (bicyclic) bond motifs is 1. The Morgan fingerprint density at radius 2 is 1.70 bits per heavy atom. The van der Waals surface area contributed by atoms with Gasteiger partial charge in [0.2, 0.25) is 15.9 Å². The van der Waals surface area contributed by atoms with E-state index in [1.165, 1.54) is 4.31 Å². The fourth-order valence-corrected chi connectivity index (χ4v) is 4.79. The first-order valence-corrected chi connectivity index (χ1v) is 10.4. The molecule has 0 bridgehead atoms. The summed E-state index contributed by atoms with van der Waals surface area (Å²) in [6.45, 7) is 2.73. The van der Waals surface area contributed by atoms with Crippen LogP contribution in [-0.2, 0) is 10.0 Å². The molecule has 0 N–H and O–H groups in total. The molecule has 1 fully saturated rings. The molecule has 1 aliphatic rings. The molecule has 2 aromatic carbocycles. The number of sulfonamides is 1. The molecule has 0 spiro atoms. The Morgan fingerprint density at radius 1 is 0.963 bits per heavy atom. The lowest BCUT2D eigenvalue weighted by atomic mass is 10.1. The minimum absolute atomic E-state index is 0.0509. The number of nitrogens with zero attached hydrogens (tertiary/aromatic N) is 3. The number of rotatable bonds is 4. The molecular weight excluding hydrogens is 362 g/mol. The van der Waals surface area contributed by atoms with Gasteiger partial charge in [-0.2, -0.15) is 9.40 Å². The van der Waals surface area contributed by atoms with Gasteiger partial charge in [0.1, 0.15) is 6.10 Å². The van der Waals surface area contributed by atoms with Gasteiger partial charge in [0, 0.05) is 19.2 Å². The van der Waals surface area contributed by atoms with Gasteiger partial charge in [-0.1, -0.05) is 30.3 Å². The summed E-state index contributed by atoms with van der Waals surface area (Å²) in [5.74, 6) is 0.483. The highest BCUT2D eigenvalue weighted by Gasteiger charge is 2.30. The maximum Gasteiger partial charge on any atom is 0.243 e. The molecule has 2 heterocycles. The van der Waals surface area contributed by atoms with Gasteiger partial charge in [-0.25, -0.2) is 8.42 Å². The summed E-state index contributed by atoms with van der Waals surface area (Å²) in [6.07, 6.45) is 1.20. The number of benzene rings is 2. The zero-order valence-electron chi connectivity index (χ0n) is 15.1. The van der Waals surface area contributed by atoms with Gasteiger partial charge in [-0.3, -0.25) is 0 Å². The second-order valence-electron chi connectivity index (χ2n) is 6.74. The lowest BCUT2D eigenvalue weighted by molar-refractivity contribution is 0.128. The van der Waals surface area contributed by atoms with Crippen LogP contribution < -0.4 is 4.74 Å². The fraction of sp³-hybridized carbons (Fsp3) is 0.300. The quantitative estimate of drug-likeness (QED) is 0.692. The van der Waals surface area contributed by atoms with Crippen molar-refractivity contribution in [2.75, 3.05) is 13.1 Å². The van der Waals surface area contributed by atoms with E-state index >= 15 is 0 Å². The first-order valence-electron chi connectivity index (χ1n) is 8.98. The van der Waals surface area contributed by atoms with Crippen LogP contribution in [0.3, 0.4) is 0 Å². The van der Waals surface area contributed by atoms with Gasteiger partial charge >= 0.3 is 0 Å². The average molecular weight is 383 g/mol. The molecule has 0 radical (unpaired) electrons. The molecule has 27 heavy (non-hydrogen) atoms. The van der Waals surface area contributed by atoms with E-state index in [1.807, 2.05) is 43.3 Å². The standard InChI is InChI=1S/C20H21N3O3S/c1-15-6-9-20(22-21-15)26-18-10-12-23(13-11-18)27(24,25)19-8-7-16-4-2-3-5-17(16)14-19/h2-9,14,18H,10-13H2,1H3. The van der Waals surface area contributed by atoms with Crippen molar-refractivity contribution >= 4 is 20.8 Å². The van der Waals surface area contributed by atoms with Gasteiger partial charge in [0.15, 0.2) is 0 Å². The molecule has 0 saturated carbocycles. The molecule has 1 saturated heterocycles. The topological polar surface area (TPSA) is 72.4 Å². The van der Waals surface area contributed by atoms with E-state index < -0.39 is 10.0 Å². The third-order valence-corrected chi connectivity index (χ3v) is 6.72. The van der Waals surface area contributed by atoms with E-state index in [2.05, 4.69) is 10.2 Å². The molecule has 0 atom stereocenters. The van der Waals surface area contributed by atoms with Crippen molar-refractivity contribution in [1.82, 2.24) is 14.5 Å². The van der Waals surface area contributed by atoms with E-state index in [0.29, 0.717) is 36.7 Å². The lowest BCUT2D eigenvalue weighted by Gasteiger charge is -2.31. The third kappa shape index (κ3) is 3.79. The fourth-order valence-electron chi connectivity index (χ4n) is 3.29. The molecule has 6 nitrogen and oxygen atoms in total. The molecular formula is C20H21N3O3S. The van der Waals surface area contributed by atoms with E-state index in [0.717, 1.165) is 16.5 Å². The second-order valence-corrected chi connectivity index (χ2v) is 8.68. The van der Waals surface area contributed by atoms with Crippen LogP contribution in [0.2, 0.25) is 0 Å². The molecule has 0 amide bonds. The number of aromatic nitrogens is 2. The van der Waals surface area contributed by atoms with Gasteiger partial charge < -0.3 is 4.74 Å². The normalized spacial score (nSPS) is 16.5. The zero-order valence-corrected chi connectivity index (χ0v) is 15.9. The Kier molecular flexibility index (Phi) is 4.80. The van der Waals surface area contributed by atoms with Gasteiger partial charge in [-0.15, -0.1) is 5.10 Å². The first kappa shape index (κ1) is 17.9. The summed E-state index contributed by atoms with van der Waals surface area (Å²) < 4.78 is 33.4. The van der Waals surface area contributed by atoms with Crippen LogP contribution in [0.15, 0.2) is 59.5 Å². The minimum Gasteiger partial charge on any atom is -0.473 e. The summed E-state index contributed by atoms with van der Waals surface area (Å²) in [6, 6.07) is 16.7. The predicted molar refractivity (Wildman–Crippen MR) is 103 cm³/mol. The maximum atomic E-state index is 13.0. The van der Waals surface area contributed by atoms with Crippen molar-refractivity contribution in [3.63, 3.8) is 0 Å². The molecule has 3 aromatic rings.